The smallest absolute Gasteiger partial charge is 0.338 e. The SMILES string of the molecule is Cc1ccc(S(=O)(=O)OCC2OCCC2OC(=O)c2ccccc2)cc1. The van der Waals surface area contributed by atoms with E-state index in [4.69, 9.17) is 13.7 Å². The van der Waals surface area contributed by atoms with Crippen LogP contribution in [0.25, 0.3) is 0 Å². The molecule has 2 aromatic carbocycles. The Morgan fingerprint density at radius 2 is 1.81 bits per heavy atom. The molecule has 26 heavy (non-hydrogen) atoms. The summed E-state index contributed by atoms with van der Waals surface area (Å²) in [7, 11) is -3.89. The normalized spacial score (nSPS) is 20.0. The minimum atomic E-state index is -3.89. The first-order valence-corrected chi connectivity index (χ1v) is 9.70. The number of hydrogen-bond donors (Lipinski definition) is 0. The van der Waals surface area contributed by atoms with Crippen molar-refractivity contribution in [3.05, 3.63) is 65.7 Å². The zero-order chi connectivity index (χ0) is 18.6. The van der Waals surface area contributed by atoms with Gasteiger partial charge in [-0.3, -0.25) is 4.18 Å². The Labute approximate surface area is 152 Å². The van der Waals surface area contributed by atoms with Gasteiger partial charge < -0.3 is 9.47 Å². The van der Waals surface area contributed by atoms with E-state index in [2.05, 4.69) is 0 Å². The minimum absolute atomic E-state index is 0.0823. The molecule has 6 nitrogen and oxygen atoms in total. The van der Waals surface area contributed by atoms with E-state index in [9.17, 15) is 13.2 Å². The van der Waals surface area contributed by atoms with Crippen LogP contribution in [0, 0.1) is 6.92 Å². The Hall–Kier alpha value is -2.22. The summed E-state index contributed by atoms with van der Waals surface area (Å²) in [6.07, 6.45) is -0.671. The van der Waals surface area contributed by atoms with Gasteiger partial charge in [0.05, 0.1) is 23.7 Å². The van der Waals surface area contributed by atoms with Gasteiger partial charge in [-0.1, -0.05) is 35.9 Å². The van der Waals surface area contributed by atoms with E-state index < -0.39 is 28.3 Å². The number of carbonyl (C=O) groups is 1. The highest BCUT2D eigenvalue weighted by Crippen LogP contribution is 2.21. The molecule has 0 bridgehead atoms. The Morgan fingerprint density at radius 1 is 1.12 bits per heavy atom. The van der Waals surface area contributed by atoms with Crippen LogP contribution in [-0.4, -0.2) is 39.8 Å². The number of carbonyl (C=O) groups excluding carboxylic acids is 1. The summed E-state index contributed by atoms with van der Waals surface area (Å²) in [5.74, 6) is -0.465. The molecule has 0 amide bonds. The first-order valence-electron chi connectivity index (χ1n) is 8.29. The molecule has 0 N–H and O–H groups in total. The minimum Gasteiger partial charge on any atom is -0.456 e. The standard InChI is InChI=1S/C19H20O6S/c1-14-7-9-16(10-8-14)26(21,22)24-13-18-17(11-12-23-18)25-19(20)15-5-3-2-4-6-15/h2-10,17-18H,11-13H2,1H3. The topological polar surface area (TPSA) is 78.9 Å². The van der Waals surface area contributed by atoms with Crippen molar-refractivity contribution in [1.29, 1.82) is 0 Å². The Bertz CT molecular complexity index is 845. The van der Waals surface area contributed by atoms with Crippen LogP contribution in [0.2, 0.25) is 0 Å². The molecule has 0 radical (unpaired) electrons. The second kappa shape index (κ2) is 7.99. The van der Waals surface area contributed by atoms with Gasteiger partial charge in [0.1, 0.15) is 12.2 Å². The molecule has 138 valence electrons. The monoisotopic (exact) mass is 376 g/mol. The van der Waals surface area contributed by atoms with Crippen molar-refractivity contribution in [3.8, 4) is 0 Å². The van der Waals surface area contributed by atoms with E-state index in [-0.39, 0.29) is 11.5 Å². The maximum absolute atomic E-state index is 12.3. The van der Waals surface area contributed by atoms with Crippen LogP contribution in [0.15, 0.2) is 59.5 Å². The molecule has 2 aromatic rings. The van der Waals surface area contributed by atoms with Gasteiger partial charge in [-0.2, -0.15) is 8.42 Å². The van der Waals surface area contributed by atoms with E-state index in [0.29, 0.717) is 18.6 Å². The average Bonchev–Trinajstić information content (AvgIpc) is 3.08. The van der Waals surface area contributed by atoms with Gasteiger partial charge in [0.2, 0.25) is 0 Å². The molecule has 1 aliphatic rings. The third-order valence-corrected chi connectivity index (χ3v) is 5.41. The van der Waals surface area contributed by atoms with E-state index >= 15 is 0 Å². The summed E-state index contributed by atoms with van der Waals surface area (Å²) in [4.78, 5) is 12.2. The molecule has 1 fully saturated rings. The molecule has 1 heterocycles. The van der Waals surface area contributed by atoms with Crippen LogP contribution in [-0.2, 0) is 23.8 Å². The number of hydrogen-bond acceptors (Lipinski definition) is 6. The quantitative estimate of drug-likeness (QED) is 0.570. The molecular weight excluding hydrogens is 356 g/mol. The molecule has 0 spiro atoms. The fraction of sp³-hybridized carbons (Fsp3) is 0.316. The highest BCUT2D eigenvalue weighted by atomic mass is 32.2. The average molecular weight is 376 g/mol. The third-order valence-electron chi connectivity index (χ3n) is 4.11. The van der Waals surface area contributed by atoms with Crippen molar-refractivity contribution in [1.82, 2.24) is 0 Å². The largest absolute Gasteiger partial charge is 0.456 e. The zero-order valence-corrected chi connectivity index (χ0v) is 15.1. The molecule has 0 aromatic heterocycles. The lowest BCUT2D eigenvalue weighted by molar-refractivity contribution is -0.0138. The maximum Gasteiger partial charge on any atom is 0.338 e. The molecule has 7 heteroatoms. The lowest BCUT2D eigenvalue weighted by Gasteiger charge is -2.19. The van der Waals surface area contributed by atoms with E-state index in [1.807, 2.05) is 13.0 Å². The number of benzene rings is 2. The molecule has 0 aliphatic carbocycles. The van der Waals surface area contributed by atoms with Crippen molar-refractivity contribution in [2.24, 2.45) is 0 Å². The van der Waals surface area contributed by atoms with Gasteiger partial charge in [0, 0.05) is 6.42 Å². The van der Waals surface area contributed by atoms with Gasteiger partial charge in [-0.25, -0.2) is 4.79 Å². The molecule has 2 unspecified atom stereocenters. The predicted octanol–water partition coefficient (Wildman–Crippen LogP) is 2.71. The highest BCUT2D eigenvalue weighted by Gasteiger charge is 2.33. The van der Waals surface area contributed by atoms with E-state index in [0.717, 1.165) is 5.56 Å². The fourth-order valence-corrected chi connectivity index (χ4v) is 3.55. The van der Waals surface area contributed by atoms with Crippen LogP contribution < -0.4 is 0 Å². The number of rotatable bonds is 6. The van der Waals surface area contributed by atoms with Crippen molar-refractivity contribution in [3.63, 3.8) is 0 Å². The summed E-state index contributed by atoms with van der Waals surface area (Å²) in [5, 5.41) is 0. The molecule has 3 rings (SSSR count). The number of ether oxygens (including phenoxy) is 2. The Balaban J connectivity index is 1.60. The van der Waals surface area contributed by atoms with Crippen molar-refractivity contribution >= 4 is 16.1 Å². The first kappa shape index (κ1) is 18.6. The Morgan fingerprint density at radius 3 is 2.50 bits per heavy atom. The van der Waals surface area contributed by atoms with Gasteiger partial charge in [-0.05, 0) is 31.2 Å². The van der Waals surface area contributed by atoms with E-state index in [1.54, 1.807) is 36.4 Å². The summed E-state index contributed by atoms with van der Waals surface area (Å²) in [5.41, 5.74) is 1.39. The lowest BCUT2D eigenvalue weighted by Crippen LogP contribution is -2.32. The number of aryl methyl sites for hydroxylation is 1. The van der Waals surface area contributed by atoms with Gasteiger partial charge in [0.25, 0.3) is 10.1 Å². The maximum atomic E-state index is 12.3. The van der Waals surface area contributed by atoms with Crippen LogP contribution in [0.1, 0.15) is 22.3 Å². The van der Waals surface area contributed by atoms with Gasteiger partial charge >= 0.3 is 5.97 Å². The molecule has 2 atom stereocenters. The summed E-state index contributed by atoms with van der Waals surface area (Å²) in [6, 6.07) is 15.0. The van der Waals surface area contributed by atoms with Gasteiger partial charge in [0.15, 0.2) is 0 Å². The number of esters is 1. The van der Waals surface area contributed by atoms with Crippen LogP contribution in [0.3, 0.4) is 0 Å². The van der Waals surface area contributed by atoms with Crippen molar-refractivity contribution in [2.75, 3.05) is 13.2 Å². The summed E-state index contributed by atoms with van der Waals surface area (Å²) in [6.45, 7) is 2.05. The van der Waals surface area contributed by atoms with Gasteiger partial charge in [-0.15, -0.1) is 0 Å². The fourth-order valence-electron chi connectivity index (χ4n) is 2.63. The second-order valence-electron chi connectivity index (χ2n) is 6.06. The highest BCUT2D eigenvalue weighted by molar-refractivity contribution is 7.86. The second-order valence-corrected chi connectivity index (χ2v) is 7.67. The molecule has 1 aliphatic heterocycles. The Kier molecular flexibility index (Phi) is 5.70. The molecule has 1 saturated heterocycles. The van der Waals surface area contributed by atoms with Crippen molar-refractivity contribution < 1.29 is 26.9 Å². The van der Waals surface area contributed by atoms with Crippen LogP contribution in [0.4, 0.5) is 0 Å². The summed E-state index contributed by atoms with van der Waals surface area (Å²) >= 11 is 0. The van der Waals surface area contributed by atoms with Crippen LogP contribution >= 0.6 is 0 Å². The molecule has 0 saturated carbocycles. The molecular formula is C19H20O6S. The van der Waals surface area contributed by atoms with E-state index in [1.165, 1.54) is 12.1 Å². The van der Waals surface area contributed by atoms with Crippen LogP contribution in [0.5, 0.6) is 0 Å². The summed E-state index contributed by atoms with van der Waals surface area (Å²) < 4.78 is 40.6. The first-order chi connectivity index (χ1) is 12.5. The predicted molar refractivity (Wildman–Crippen MR) is 94.3 cm³/mol. The third kappa shape index (κ3) is 4.49. The van der Waals surface area contributed by atoms with Crippen molar-refractivity contribution in [2.45, 2.75) is 30.4 Å². The lowest BCUT2D eigenvalue weighted by atomic mass is 10.2. The zero-order valence-electron chi connectivity index (χ0n) is 14.3.